The standard InChI is InChI=1S/C20H35N3O5/c1-14(2)13-15(18(25)22-9-11-27-12-10-22)21-17(24)16-7-6-8-23(16)19(26)28-20(3,4)5/h14-16H,6-13H2,1-5H3,(H,21,24). The van der Waals surface area contributed by atoms with Gasteiger partial charge < -0.3 is 19.7 Å². The first kappa shape index (κ1) is 22.5. The molecule has 8 nitrogen and oxygen atoms in total. The zero-order valence-corrected chi connectivity index (χ0v) is 17.8. The summed E-state index contributed by atoms with van der Waals surface area (Å²) in [7, 11) is 0. The zero-order chi connectivity index (χ0) is 20.9. The number of nitrogens with zero attached hydrogens (tertiary/aromatic N) is 2. The highest BCUT2D eigenvalue weighted by atomic mass is 16.6. The second-order valence-electron chi connectivity index (χ2n) is 8.96. The quantitative estimate of drug-likeness (QED) is 0.764. The minimum absolute atomic E-state index is 0.0767. The van der Waals surface area contributed by atoms with E-state index in [0.717, 1.165) is 6.42 Å². The summed E-state index contributed by atoms with van der Waals surface area (Å²) in [6.07, 6.45) is 1.39. The van der Waals surface area contributed by atoms with E-state index in [1.165, 1.54) is 4.90 Å². The maximum atomic E-state index is 12.9. The molecule has 2 fully saturated rings. The minimum atomic E-state index is -0.618. The van der Waals surface area contributed by atoms with Gasteiger partial charge in [0.1, 0.15) is 17.7 Å². The van der Waals surface area contributed by atoms with Crippen molar-refractivity contribution >= 4 is 17.9 Å². The number of carbonyl (C=O) groups is 3. The number of rotatable bonds is 5. The maximum absolute atomic E-state index is 12.9. The summed E-state index contributed by atoms with van der Waals surface area (Å²) in [5.41, 5.74) is -0.618. The summed E-state index contributed by atoms with van der Waals surface area (Å²) in [5, 5.41) is 2.91. The maximum Gasteiger partial charge on any atom is 0.410 e. The molecule has 28 heavy (non-hydrogen) atoms. The van der Waals surface area contributed by atoms with Gasteiger partial charge in [0.05, 0.1) is 13.2 Å². The molecule has 2 aliphatic rings. The minimum Gasteiger partial charge on any atom is -0.444 e. The fourth-order valence-corrected chi connectivity index (χ4v) is 3.54. The largest absolute Gasteiger partial charge is 0.444 e. The van der Waals surface area contributed by atoms with Gasteiger partial charge in [0.25, 0.3) is 0 Å². The first-order valence-electron chi connectivity index (χ1n) is 10.2. The van der Waals surface area contributed by atoms with E-state index >= 15 is 0 Å². The molecule has 160 valence electrons. The van der Waals surface area contributed by atoms with Gasteiger partial charge in [-0.3, -0.25) is 14.5 Å². The number of ether oxygens (including phenoxy) is 2. The molecular formula is C20H35N3O5. The topological polar surface area (TPSA) is 88.2 Å². The Hall–Kier alpha value is -1.83. The van der Waals surface area contributed by atoms with Crippen LogP contribution < -0.4 is 5.32 Å². The predicted octanol–water partition coefficient (Wildman–Crippen LogP) is 1.78. The van der Waals surface area contributed by atoms with Crippen LogP contribution in [0.1, 0.15) is 53.9 Å². The van der Waals surface area contributed by atoms with Crippen LogP contribution in [0.4, 0.5) is 4.79 Å². The van der Waals surface area contributed by atoms with Crippen molar-refractivity contribution in [2.24, 2.45) is 5.92 Å². The summed E-state index contributed by atoms with van der Waals surface area (Å²) in [6, 6.07) is -1.19. The van der Waals surface area contributed by atoms with Crippen LogP contribution in [0, 0.1) is 5.92 Å². The van der Waals surface area contributed by atoms with Crippen LogP contribution in [0.2, 0.25) is 0 Å². The van der Waals surface area contributed by atoms with Crippen molar-refractivity contribution in [1.82, 2.24) is 15.1 Å². The molecule has 0 bridgehead atoms. The Kier molecular flexibility index (Phi) is 7.69. The number of hydrogen-bond donors (Lipinski definition) is 1. The number of hydrogen-bond acceptors (Lipinski definition) is 5. The van der Waals surface area contributed by atoms with E-state index in [1.54, 1.807) is 25.7 Å². The molecule has 1 N–H and O–H groups in total. The van der Waals surface area contributed by atoms with Gasteiger partial charge >= 0.3 is 6.09 Å². The van der Waals surface area contributed by atoms with E-state index in [1.807, 2.05) is 13.8 Å². The van der Waals surface area contributed by atoms with Crippen LogP contribution in [-0.2, 0) is 19.1 Å². The molecule has 2 atom stereocenters. The molecule has 8 heteroatoms. The molecule has 3 amide bonds. The van der Waals surface area contributed by atoms with Crippen molar-refractivity contribution in [2.75, 3.05) is 32.8 Å². The summed E-state index contributed by atoms with van der Waals surface area (Å²) in [5.74, 6) is -0.108. The molecule has 2 aliphatic heterocycles. The SMILES string of the molecule is CC(C)CC(NC(=O)C1CCCN1C(=O)OC(C)(C)C)C(=O)N1CCOCC1. The first-order chi connectivity index (χ1) is 13.1. The van der Waals surface area contributed by atoms with Crippen LogP contribution in [0.25, 0.3) is 0 Å². The molecule has 0 radical (unpaired) electrons. The molecular weight excluding hydrogens is 362 g/mol. The summed E-state index contributed by atoms with van der Waals surface area (Å²) < 4.78 is 10.7. The molecule has 0 spiro atoms. The Morgan fingerprint density at radius 3 is 2.36 bits per heavy atom. The normalized spacial score (nSPS) is 21.6. The van der Waals surface area contributed by atoms with Gasteiger partial charge in [0.2, 0.25) is 11.8 Å². The van der Waals surface area contributed by atoms with Crippen LogP contribution in [0.15, 0.2) is 0 Å². The lowest BCUT2D eigenvalue weighted by Gasteiger charge is -2.33. The van der Waals surface area contributed by atoms with Gasteiger partial charge in [-0.1, -0.05) is 13.8 Å². The number of carbonyl (C=O) groups excluding carboxylic acids is 3. The van der Waals surface area contributed by atoms with E-state index in [-0.39, 0.29) is 17.7 Å². The smallest absolute Gasteiger partial charge is 0.410 e. The first-order valence-corrected chi connectivity index (χ1v) is 10.2. The Morgan fingerprint density at radius 2 is 1.79 bits per heavy atom. The van der Waals surface area contributed by atoms with Crippen molar-refractivity contribution in [3.63, 3.8) is 0 Å². The third-order valence-electron chi connectivity index (χ3n) is 4.83. The second kappa shape index (κ2) is 9.58. The van der Waals surface area contributed by atoms with E-state index in [9.17, 15) is 14.4 Å². The van der Waals surface area contributed by atoms with Crippen molar-refractivity contribution in [2.45, 2.75) is 71.6 Å². The van der Waals surface area contributed by atoms with Crippen molar-refractivity contribution < 1.29 is 23.9 Å². The van der Waals surface area contributed by atoms with E-state index in [0.29, 0.717) is 45.7 Å². The molecule has 2 rings (SSSR count). The Balaban J connectivity index is 2.04. The van der Waals surface area contributed by atoms with Gasteiger partial charge in [-0.05, 0) is 46.0 Å². The highest BCUT2D eigenvalue weighted by molar-refractivity contribution is 5.91. The zero-order valence-electron chi connectivity index (χ0n) is 17.8. The summed E-state index contributed by atoms with van der Waals surface area (Å²) in [6.45, 7) is 12.0. The van der Waals surface area contributed by atoms with Gasteiger partial charge in [0, 0.05) is 19.6 Å². The fourth-order valence-electron chi connectivity index (χ4n) is 3.54. The number of amides is 3. The lowest BCUT2D eigenvalue weighted by molar-refractivity contribution is -0.141. The van der Waals surface area contributed by atoms with Gasteiger partial charge in [-0.25, -0.2) is 4.79 Å². The second-order valence-corrected chi connectivity index (χ2v) is 8.96. The molecule has 0 aromatic heterocycles. The van der Waals surface area contributed by atoms with Crippen LogP contribution in [-0.4, -0.2) is 78.2 Å². The van der Waals surface area contributed by atoms with Crippen molar-refractivity contribution in [3.8, 4) is 0 Å². The predicted molar refractivity (Wildman–Crippen MR) is 105 cm³/mol. The highest BCUT2D eigenvalue weighted by Crippen LogP contribution is 2.21. The Labute approximate surface area is 167 Å². The van der Waals surface area contributed by atoms with Crippen molar-refractivity contribution in [3.05, 3.63) is 0 Å². The summed E-state index contributed by atoms with van der Waals surface area (Å²) >= 11 is 0. The molecule has 2 unspecified atom stereocenters. The average molecular weight is 398 g/mol. The third kappa shape index (κ3) is 6.36. The monoisotopic (exact) mass is 397 g/mol. The Bertz CT molecular complexity index is 567. The Morgan fingerprint density at radius 1 is 1.14 bits per heavy atom. The third-order valence-corrected chi connectivity index (χ3v) is 4.83. The molecule has 2 heterocycles. The lowest BCUT2D eigenvalue weighted by Crippen LogP contribution is -2.56. The van der Waals surface area contributed by atoms with Gasteiger partial charge in [0.15, 0.2) is 0 Å². The summed E-state index contributed by atoms with van der Waals surface area (Å²) in [4.78, 5) is 41.6. The van der Waals surface area contributed by atoms with E-state index in [2.05, 4.69) is 5.32 Å². The van der Waals surface area contributed by atoms with Gasteiger partial charge in [-0.2, -0.15) is 0 Å². The molecule has 0 saturated carbocycles. The van der Waals surface area contributed by atoms with E-state index in [4.69, 9.17) is 9.47 Å². The molecule has 2 saturated heterocycles. The highest BCUT2D eigenvalue weighted by Gasteiger charge is 2.38. The lowest BCUT2D eigenvalue weighted by atomic mass is 10.0. The molecule has 0 aromatic carbocycles. The van der Waals surface area contributed by atoms with Crippen molar-refractivity contribution in [1.29, 1.82) is 0 Å². The molecule has 0 aromatic rings. The van der Waals surface area contributed by atoms with Crippen LogP contribution >= 0.6 is 0 Å². The van der Waals surface area contributed by atoms with E-state index < -0.39 is 23.8 Å². The number of nitrogens with one attached hydrogen (secondary N) is 1. The van der Waals surface area contributed by atoms with Crippen LogP contribution in [0.3, 0.4) is 0 Å². The fraction of sp³-hybridized carbons (Fsp3) is 0.850. The molecule has 0 aliphatic carbocycles. The van der Waals surface area contributed by atoms with Crippen LogP contribution in [0.5, 0.6) is 0 Å². The number of morpholine rings is 1. The number of likely N-dealkylation sites (tertiary alicyclic amines) is 1. The van der Waals surface area contributed by atoms with Gasteiger partial charge in [-0.15, -0.1) is 0 Å². The average Bonchev–Trinajstić information content (AvgIpc) is 3.09.